The minimum absolute atomic E-state index is 0.0328. The Bertz CT molecular complexity index is 797. The highest BCUT2D eigenvalue weighted by Crippen LogP contribution is 2.37. The quantitative estimate of drug-likeness (QED) is 0.843. The van der Waals surface area contributed by atoms with Gasteiger partial charge in [0.05, 0.1) is 34.4 Å². The first-order valence-electron chi connectivity index (χ1n) is 7.60. The van der Waals surface area contributed by atoms with Crippen molar-refractivity contribution < 1.29 is 9.90 Å². The minimum Gasteiger partial charge on any atom is -0.386 e. The van der Waals surface area contributed by atoms with Crippen LogP contribution >= 0.6 is 9.24 Å². The SMILES string of the molecule is CC(O)(P)CC(=O)Nc1nc2ccc(C#N)cc2n1C1CCC1. The van der Waals surface area contributed by atoms with Gasteiger partial charge in [0.2, 0.25) is 11.9 Å². The number of nitrogens with zero attached hydrogens (tertiary/aromatic N) is 3. The third kappa shape index (κ3) is 3.36. The Morgan fingerprint density at radius 2 is 2.35 bits per heavy atom. The van der Waals surface area contributed by atoms with Crippen molar-refractivity contribution in [1.29, 1.82) is 5.26 Å². The number of rotatable bonds is 4. The van der Waals surface area contributed by atoms with Crippen LogP contribution in [0.1, 0.15) is 44.2 Å². The molecule has 6 nitrogen and oxygen atoms in total. The van der Waals surface area contributed by atoms with Crippen molar-refractivity contribution in [3.63, 3.8) is 0 Å². The Morgan fingerprint density at radius 1 is 1.61 bits per heavy atom. The molecule has 1 heterocycles. The average molecular weight is 330 g/mol. The largest absolute Gasteiger partial charge is 0.386 e. The Labute approximate surface area is 136 Å². The number of hydrogen-bond donors (Lipinski definition) is 2. The van der Waals surface area contributed by atoms with Crippen LogP contribution in [0.3, 0.4) is 0 Å². The van der Waals surface area contributed by atoms with Crippen molar-refractivity contribution in [1.82, 2.24) is 9.55 Å². The van der Waals surface area contributed by atoms with Gasteiger partial charge >= 0.3 is 0 Å². The normalized spacial score (nSPS) is 17.3. The maximum absolute atomic E-state index is 12.1. The molecule has 0 saturated heterocycles. The molecule has 1 fully saturated rings. The number of hydrogen-bond acceptors (Lipinski definition) is 4. The fraction of sp³-hybridized carbons (Fsp3) is 0.438. The summed E-state index contributed by atoms with van der Waals surface area (Å²) in [5.74, 6) is 0.195. The lowest BCUT2D eigenvalue weighted by molar-refractivity contribution is -0.118. The first-order valence-corrected chi connectivity index (χ1v) is 8.18. The summed E-state index contributed by atoms with van der Waals surface area (Å²) in [6.45, 7) is 1.56. The number of benzene rings is 1. The summed E-state index contributed by atoms with van der Waals surface area (Å²) in [6.07, 6.45) is 3.18. The lowest BCUT2D eigenvalue weighted by Crippen LogP contribution is -2.27. The van der Waals surface area contributed by atoms with Crippen molar-refractivity contribution in [2.24, 2.45) is 0 Å². The topological polar surface area (TPSA) is 90.9 Å². The molecule has 3 rings (SSSR count). The molecule has 1 aliphatic carbocycles. The van der Waals surface area contributed by atoms with E-state index < -0.39 is 5.34 Å². The van der Waals surface area contributed by atoms with Crippen LogP contribution in [0.4, 0.5) is 5.95 Å². The number of anilines is 1. The summed E-state index contributed by atoms with van der Waals surface area (Å²) >= 11 is 0. The first kappa shape index (κ1) is 15.9. The Kier molecular flexibility index (Phi) is 4.09. The molecule has 0 aliphatic heterocycles. The molecular formula is C16H19N4O2P. The van der Waals surface area contributed by atoms with Crippen molar-refractivity contribution >= 4 is 32.1 Å². The number of amides is 1. The van der Waals surface area contributed by atoms with Gasteiger partial charge in [0.25, 0.3) is 0 Å². The first-order chi connectivity index (χ1) is 10.9. The van der Waals surface area contributed by atoms with Gasteiger partial charge in [-0.3, -0.25) is 10.1 Å². The van der Waals surface area contributed by atoms with Crippen LogP contribution in [0, 0.1) is 11.3 Å². The molecule has 0 spiro atoms. The molecule has 1 aromatic heterocycles. The zero-order chi connectivity index (χ0) is 16.6. The summed E-state index contributed by atoms with van der Waals surface area (Å²) in [5.41, 5.74) is 2.19. The van der Waals surface area contributed by atoms with Gasteiger partial charge in [-0.05, 0) is 44.4 Å². The van der Waals surface area contributed by atoms with Gasteiger partial charge in [0.1, 0.15) is 0 Å². The number of aromatic nitrogens is 2. The predicted octanol–water partition coefficient (Wildman–Crippen LogP) is 2.55. The van der Waals surface area contributed by atoms with E-state index in [1.54, 1.807) is 19.1 Å². The fourth-order valence-electron chi connectivity index (χ4n) is 2.76. The summed E-state index contributed by atoms with van der Waals surface area (Å²) in [7, 11) is 2.24. The number of fused-ring (bicyclic) bond motifs is 1. The van der Waals surface area contributed by atoms with Gasteiger partial charge in [-0.15, -0.1) is 9.24 Å². The van der Waals surface area contributed by atoms with E-state index in [9.17, 15) is 9.90 Å². The molecule has 0 radical (unpaired) electrons. The van der Waals surface area contributed by atoms with Crippen LogP contribution in [0.25, 0.3) is 11.0 Å². The number of carbonyl (C=O) groups is 1. The highest BCUT2D eigenvalue weighted by atomic mass is 31.0. The van der Waals surface area contributed by atoms with E-state index in [0.29, 0.717) is 17.6 Å². The van der Waals surface area contributed by atoms with Gasteiger partial charge in [-0.2, -0.15) is 5.26 Å². The number of carbonyl (C=O) groups excluding carboxylic acids is 1. The van der Waals surface area contributed by atoms with Gasteiger partial charge < -0.3 is 9.67 Å². The second kappa shape index (κ2) is 5.92. The molecule has 2 N–H and O–H groups in total. The van der Waals surface area contributed by atoms with Crippen molar-refractivity contribution in [2.75, 3.05) is 5.32 Å². The number of nitrogens with one attached hydrogen (secondary N) is 1. The van der Waals surface area contributed by atoms with Crippen molar-refractivity contribution in [3.8, 4) is 6.07 Å². The van der Waals surface area contributed by atoms with E-state index in [2.05, 4.69) is 25.6 Å². The average Bonchev–Trinajstić information content (AvgIpc) is 2.72. The van der Waals surface area contributed by atoms with E-state index in [4.69, 9.17) is 5.26 Å². The molecule has 7 heteroatoms. The summed E-state index contributed by atoms with van der Waals surface area (Å²) in [6, 6.07) is 7.76. The number of imidazole rings is 1. The van der Waals surface area contributed by atoms with E-state index in [0.717, 1.165) is 30.3 Å². The molecule has 1 saturated carbocycles. The molecule has 1 amide bonds. The Morgan fingerprint density at radius 3 is 2.91 bits per heavy atom. The molecule has 2 aromatic rings. The lowest BCUT2D eigenvalue weighted by Gasteiger charge is -2.29. The minimum atomic E-state index is -1.15. The Hall–Kier alpha value is -1.96. The van der Waals surface area contributed by atoms with Crippen LogP contribution in [-0.2, 0) is 4.79 Å². The van der Waals surface area contributed by atoms with Gasteiger partial charge in [-0.25, -0.2) is 4.98 Å². The van der Waals surface area contributed by atoms with Crippen LogP contribution in [0.2, 0.25) is 0 Å². The predicted molar refractivity (Wildman–Crippen MR) is 90.9 cm³/mol. The maximum atomic E-state index is 12.1. The third-order valence-corrected chi connectivity index (χ3v) is 4.23. The zero-order valence-corrected chi connectivity index (χ0v) is 14.1. The highest BCUT2D eigenvalue weighted by Gasteiger charge is 2.26. The second-order valence-electron chi connectivity index (χ2n) is 6.29. The van der Waals surface area contributed by atoms with Gasteiger partial charge in [-0.1, -0.05) is 0 Å². The molecule has 1 aromatic carbocycles. The van der Waals surface area contributed by atoms with E-state index in [-0.39, 0.29) is 12.3 Å². The summed E-state index contributed by atoms with van der Waals surface area (Å²) in [5, 5.41) is 20.5. The van der Waals surface area contributed by atoms with Crippen molar-refractivity contribution in [2.45, 2.75) is 44.0 Å². The maximum Gasteiger partial charge on any atom is 0.229 e. The molecule has 2 atom stereocenters. The highest BCUT2D eigenvalue weighted by molar-refractivity contribution is 7.18. The van der Waals surface area contributed by atoms with E-state index in [1.807, 2.05) is 10.6 Å². The molecule has 2 unspecified atom stereocenters. The van der Waals surface area contributed by atoms with Gasteiger partial charge in [0, 0.05) is 6.04 Å². The van der Waals surface area contributed by atoms with E-state index in [1.165, 1.54) is 0 Å². The number of nitriles is 1. The smallest absolute Gasteiger partial charge is 0.229 e. The molecule has 120 valence electrons. The summed E-state index contributed by atoms with van der Waals surface area (Å²) in [4.78, 5) is 16.6. The van der Waals surface area contributed by atoms with E-state index >= 15 is 0 Å². The van der Waals surface area contributed by atoms with Gasteiger partial charge in [0.15, 0.2) is 0 Å². The van der Waals surface area contributed by atoms with Crippen molar-refractivity contribution in [3.05, 3.63) is 23.8 Å². The summed E-state index contributed by atoms with van der Waals surface area (Å²) < 4.78 is 2.01. The fourth-order valence-corrected chi connectivity index (χ4v) is 2.94. The van der Waals surface area contributed by atoms with Crippen LogP contribution in [0.5, 0.6) is 0 Å². The third-order valence-electron chi connectivity index (χ3n) is 4.03. The molecular weight excluding hydrogens is 311 g/mol. The molecule has 1 aliphatic rings. The van der Waals surface area contributed by atoms with Crippen LogP contribution < -0.4 is 5.32 Å². The number of aliphatic hydroxyl groups is 1. The molecule has 0 bridgehead atoms. The lowest BCUT2D eigenvalue weighted by atomic mass is 9.92. The van der Waals surface area contributed by atoms with Crippen LogP contribution in [-0.4, -0.2) is 25.9 Å². The zero-order valence-electron chi connectivity index (χ0n) is 12.9. The monoisotopic (exact) mass is 330 g/mol. The molecule has 23 heavy (non-hydrogen) atoms. The van der Waals surface area contributed by atoms with Crippen LogP contribution in [0.15, 0.2) is 18.2 Å². The standard InChI is InChI=1S/C16H19N4O2P/c1-16(22,23)8-14(21)19-15-18-12-6-5-10(9-17)7-13(12)20(15)11-3-2-4-11/h5-7,11,22H,2-4,8,23H2,1H3,(H,18,19,21). The Balaban J connectivity index is 1.99. The second-order valence-corrected chi connectivity index (χ2v) is 7.53.